The van der Waals surface area contributed by atoms with Crippen molar-refractivity contribution >= 4 is 15.7 Å². The van der Waals surface area contributed by atoms with E-state index in [1.807, 2.05) is 12.1 Å². The quantitative estimate of drug-likeness (QED) is 0.692. The second-order valence-corrected chi connectivity index (χ2v) is 7.73. The number of hydrogen-bond donors (Lipinski definition) is 1. The van der Waals surface area contributed by atoms with Crippen molar-refractivity contribution in [2.45, 2.75) is 25.3 Å². The van der Waals surface area contributed by atoms with Crippen molar-refractivity contribution < 1.29 is 8.42 Å². The van der Waals surface area contributed by atoms with E-state index in [0.29, 0.717) is 25.3 Å². The molecule has 1 heterocycles. The fourth-order valence-electron chi connectivity index (χ4n) is 2.56. The van der Waals surface area contributed by atoms with Gasteiger partial charge in [-0.15, -0.1) is 0 Å². The minimum Gasteiger partial charge on any atom is -0.399 e. The van der Waals surface area contributed by atoms with Crippen molar-refractivity contribution in [2.24, 2.45) is 0 Å². The number of anilines is 1. The van der Waals surface area contributed by atoms with Crippen LogP contribution in [0.5, 0.6) is 0 Å². The fourth-order valence-corrected chi connectivity index (χ4v) is 3.98. The fraction of sp³-hybridized carbons (Fsp3) is 0.389. The normalized spacial score (nSPS) is 12.0. The Morgan fingerprint density at radius 2 is 1.72 bits per heavy atom. The number of sulfonamides is 1. The highest BCUT2D eigenvalue weighted by atomic mass is 32.2. The summed E-state index contributed by atoms with van der Waals surface area (Å²) in [7, 11) is -3.60. The minimum absolute atomic E-state index is 0.255. The van der Waals surface area contributed by atoms with Crippen LogP contribution in [0.2, 0.25) is 0 Å². The SMILES string of the molecule is CCN(CC)CCN(Cc1cccnc1)S(=O)(=O)c1ccc(N)cc1. The lowest BCUT2D eigenvalue weighted by molar-refractivity contribution is 0.268. The van der Waals surface area contributed by atoms with Gasteiger partial charge in [0.15, 0.2) is 0 Å². The van der Waals surface area contributed by atoms with Gasteiger partial charge in [-0.3, -0.25) is 4.98 Å². The zero-order valence-corrected chi connectivity index (χ0v) is 15.6. The van der Waals surface area contributed by atoms with Gasteiger partial charge in [-0.2, -0.15) is 4.31 Å². The summed E-state index contributed by atoms with van der Waals surface area (Å²) in [5.41, 5.74) is 7.09. The van der Waals surface area contributed by atoms with Crippen molar-refractivity contribution in [3.8, 4) is 0 Å². The van der Waals surface area contributed by atoms with E-state index >= 15 is 0 Å². The molecule has 0 aliphatic carbocycles. The van der Waals surface area contributed by atoms with Crippen LogP contribution in [0.4, 0.5) is 5.69 Å². The number of aromatic nitrogens is 1. The maximum atomic E-state index is 13.1. The predicted molar refractivity (Wildman–Crippen MR) is 100 cm³/mol. The number of pyridine rings is 1. The molecule has 136 valence electrons. The Bertz CT molecular complexity index is 744. The summed E-state index contributed by atoms with van der Waals surface area (Å²) in [6, 6.07) is 10.0. The van der Waals surface area contributed by atoms with Gasteiger partial charge in [0, 0.05) is 37.7 Å². The zero-order valence-electron chi connectivity index (χ0n) is 14.8. The lowest BCUT2D eigenvalue weighted by atomic mass is 10.3. The third-order valence-electron chi connectivity index (χ3n) is 4.16. The van der Waals surface area contributed by atoms with Crippen LogP contribution < -0.4 is 5.73 Å². The van der Waals surface area contributed by atoms with E-state index in [2.05, 4.69) is 23.7 Å². The topological polar surface area (TPSA) is 79.5 Å². The lowest BCUT2D eigenvalue weighted by Gasteiger charge is -2.26. The van der Waals surface area contributed by atoms with Crippen molar-refractivity contribution in [3.05, 3.63) is 54.4 Å². The molecule has 0 atom stereocenters. The van der Waals surface area contributed by atoms with E-state index in [4.69, 9.17) is 5.73 Å². The number of nitrogens with zero attached hydrogens (tertiary/aromatic N) is 3. The lowest BCUT2D eigenvalue weighted by Crippen LogP contribution is -2.38. The van der Waals surface area contributed by atoms with Gasteiger partial charge in [0.1, 0.15) is 0 Å². The number of benzene rings is 1. The van der Waals surface area contributed by atoms with Gasteiger partial charge in [-0.05, 0) is 49.0 Å². The first kappa shape index (κ1) is 19.4. The molecule has 7 heteroatoms. The van der Waals surface area contributed by atoms with Crippen LogP contribution >= 0.6 is 0 Å². The van der Waals surface area contributed by atoms with Crippen molar-refractivity contribution in [1.82, 2.24) is 14.2 Å². The summed E-state index contributed by atoms with van der Waals surface area (Å²) < 4.78 is 27.7. The van der Waals surface area contributed by atoms with E-state index in [1.165, 1.54) is 4.31 Å². The van der Waals surface area contributed by atoms with Gasteiger partial charge in [0.2, 0.25) is 10.0 Å². The molecule has 25 heavy (non-hydrogen) atoms. The minimum atomic E-state index is -3.60. The largest absolute Gasteiger partial charge is 0.399 e. The average Bonchev–Trinajstić information content (AvgIpc) is 2.62. The molecule has 0 radical (unpaired) electrons. The second kappa shape index (κ2) is 8.94. The molecule has 0 bridgehead atoms. The van der Waals surface area contributed by atoms with Crippen LogP contribution in [-0.2, 0) is 16.6 Å². The van der Waals surface area contributed by atoms with Crippen molar-refractivity contribution in [2.75, 3.05) is 31.9 Å². The summed E-state index contributed by atoms with van der Waals surface area (Å²) in [5.74, 6) is 0. The van der Waals surface area contributed by atoms with E-state index in [0.717, 1.165) is 18.7 Å². The molecule has 0 spiro atoms. The second-order valence-electron chi connectivity index (χ2n) is 5.80. The molecule has 0 unspecified atom stereocenters. The number of rotatable bonds is 9. The standard InChI is InChI=1S/C18H26N4O2S/c1-3-21(4-2)12-13-22(15-16-6-5-11-20-14-16)25(23,24)18-9-7-17(19)8-10-18/h5-11,14H,3-4,12-13,15,19H2,1-2H3. The Morgan fingerprint density at radius 3 is 2.28 bits per heavy atom. The summed E-state index contributed by atoms with van der Waals surface area (Å²) in [6.07, 6.45) is 3.38. The van der Waals surface area contributed by atoms with E-state index in [1.54, 1.807) is 36.7 Å². The first-order chi connectivity index (χ1) is 12.0. The highest BCUT2D eigenvalue weighted by Crippen LogP contribution is 2.19. The van der Waals surface area contributed by atoms with Gasteiger partial charge in [-0.1, -0.05) is 19.9 Å². The van der Waals surface area contributed by atoms with Crippen LogP contribution in [0, 0.1) is 0 Å². The number of hydrogen-bond acceptors (Lipinski definition) is 5. The van der Waals surface area contributed by atoms with Gasteiger partial charge in [0.05, 0.1) is 4.90 Å². The first-order valence-electron chi connectivity index (χ1n) is 8.44. The third kappa shape index (κ3) is 5.26. The smallest absolute Gasteiger partial charge is 0.243 e. The van der Waals surface area contributed by atoms with Gasteiger partial charge in [0.25, 0.3) is 0 Å². The van der Waals surface area contributed by atoms with Crippen LogP contribution in [0.25, 0.3) is 0 Å². The molecule has 1 aromatic carbocycles. The van der Waals surface area contributed by atoms with Crippen molar-refractivity contribution in [1.29, 1.82) is 0 Å². The summed E-state index contributed by atoms with van der Waals surface area (Å²) in [4.78, 5) is 6.54. The molecule has 0 aliphatic heterocycles. The van der Waals surface area contributed by atoms with Crippen molar-refractivity contribution in [3.63, 3.8) is 0 Å². The molecule has 2 aromatic rings. The van der Waals surface area contributed by atoms with Crippen LogP contribution in [-0.4, -0.2) is 48.8 Å². The average molecular weight is 362 g/mol. The van der Waals surface area contributed by atoms with E-state index < -0.39 is 10.0 Å². The Labute approximate surface area is 150 Å². The molecule has 0 aliphatic rings. The molecule has 0 fully saturated rings. The molecule has 2 N–H and O–H groups in total. The summed E-state index contributed by atoms with van der Waals surface area (Å²) in [5, 5.41) is 0. The Hall–Kier alpha value is -1.96. The maximum absolute atomic E-state index is 13.1. The molecule has 0 saturated heterocycles. The monoisotopic (exact) mass is 362 g/mol. The molecule has 6 nitrogen and oxygen atoms in total. The number of nitrogens with two attached hydrogens (primary N) is 1. The Balaban J connectivity index is 2.27. The zero-order chi connectivity index (χ0) is 18.3. The van der Waals surface area contributed by atoms with E-state index in [9.17, 15) is 8.42 Å². The highest BCUT2D eigenvalue weighted by Gasteiger charge is 2.25. The molecular weight excluding hydrogens is 336 g/mol. The van der Waals surface area contributed by atoms with E-state index in [-0.39, 0.29) is 4.90 Å². The Kier molecular flexibility index (Phi) is 6.92. The van der Waals surface area contributed by atoms with Gasteiger partial charge < -0.3 is 10.6 Å². The first-order valence-corrected chi connectivity index (χ1v) is 9.88. The number of nitrogen functional groups attached to an aromatic ring is 1. The highest BCUT2D eigenvalue weighted by molar-refractivity contribution is 7.89. The third-order valence-corrected chi connectivity index (χ3v) is 6.02. The summed E-state index contributed by atoms with van der Waals surface area (Å²) >= 11 is 0. The number of likely N-dealkylation sites (N-methyl/N-ethyl adjacent to an activating group) is 1. The maximum Gasteiger partial charge on any atom is 0.243 e. The predicted octanol–water partition coefficient (Wildman–Crippen LogP) is 2.20. The molecule has 0 saturated carbocycles. The Morgan fingerprint density at radius 1 is 1.04 bits per heavy atom. The molecule has 2 rings (SSSR count). The van der Waals surface area contributed by atoms with Crippen LogP contribution in [0.1, 0.15) is 19.4 Å². The molecule has 0 amide bonds. The van der Waals surface area contributed by atoms with Crippen LogP contribution in [0.3, 0.4) is 0 Å². The molecular formula is C18H26N4O2S. The molecule has 1 aromatic heterocycles. The van der Waals surface area contributed by atoms with Gasteiger partial charge >= 0.3 is 0 Å². The summed E-state index contributed by atoms with van der Waals surface area (Å²) in [6.45, 7) is 7.32. The van der Waals surface area contributed by atoms with Gasteiger partial charge in [-0.25, -0.2) is 8.42 Å². The van der Waals surface area contributed by atoms with Crippen LogP contribution in [0.15, 0.2) is 53.7 Å².